The van der Waals surface area contributed by atoms with E-state index in [2.05, 4.69) is 4.98 Å². The first-order chi connectivity index (χ1) is 15.6. The fraction of sp³-hybridized carbons (Fsp3) is 0.318. The Morgan fingerprint density at radius 3 is 2.39 bits per heavy atom. The number of H-pyrrole nitrogens is 1. The quantitative estimate of drug-likeness (QED) is 0.450. The molecule has 3 N–H and O–H groups in total. The molecule has 1 aliphatic rings. The van der Waals surface area contributed by atoms with Gasteiger partial charge in [-0.3, -0.25) is 0 Å². The molecule has 0 radical (unpaired) electrons. The van der Waals surface area contributed by atoms with E-state index >= 15 is 0 Å². The summed E-state index contributed by atoms with van der Waals surface area (Å²) in [5, 5.41) is 10.6. The van der Waals surface area contributed by atoms with E-state index in [9.17, 15) is 31.1 Å². The maximum atomic E-state index is 14.4. The summed E-state index contributed by atoms with van der Waals surface area (Å²) in [4.78, 5) is 14.7. The Kier molecular flexibility index (Phi) is 6.00. The van der Waals surface area contributed by atoms with E-state index in [4.69, 9.17) is 9.84 Å². The van der Waals surface area contributed by atoms with E-state index in [1.54, 1.807) is 5.32 Å². The van der Waals surface area contributed by atoms with Crippen molar-refractivity contribution >= 4 is 17.0 Å². The second-order valence-corrected chi connectivity index (χ2v) is 7.85. The van der Waals surface area contributed by atoms with Gasteiger partial charge in [-0.15, -0.1) is 0 Å². The molecule has 33 heavy (non-hydrogen) atoms. The van der Waals surface area contributed by atoms with Gasteiger partial charge in [0.25, 0.3) is 0 Å². The molecule has 1 aliphatic carbocycles. The van der Waals surface area contributed by atoms with Crippen molar-refractivity contribution < 1.29 is 41.0 Å². The predicted octanol–water partition coefficient (Wildman–Crippen LogP) is 5.15. The number of aliphatic hydroxyl groups excluding tert-OH is 1. The minimum absolute atomic E-state index is 0.0591. The SMILES string of the molecule is O=C(N[C@H](CO)C(F)(F)F)O[C@H]1C[C@H](c2c(-c3ccc(F)cc3)[nH]c3c(F)cc(F)cc32)C1. The Morgan fingerprint density at radius 1 is 1.12 bits per heavy atom. The average molecular weight is 472 g/mol. The summed E-state index contributed by atoms with van der Waals surface area (Å²) >= 11 is 0. The maximum absolute atomic E-state index is 14.4. The molecule has 3 aromatic rings. The van der Waals surface area contributed by atoms with Crippen molar-refractivity contribution in [3.8, 4) is 11.3 Å². The summed E-state index contributed by atoms with van der Waals surface area (Å²) in [7, 11) is 0. The maximum Gasteiger partial charge on any atom is 0.410 e. The number of halogens is 6. The van der Waals surface area contributed by atoms with Crippen LogP contribution in [0.25, 0.3) is 22.2 Å². The van der Waals surface area contributed by atoms with Crippen LogP contribution in [-0.2, 0) is 4.74 Å². The first kappa shape index (κ1) is 23.0. The van der Waals surface area contributed by atoms with E-state index in [1.165, 1.54) is 24.3 Å². The van der Waals surface area contributed by atoms with Crippen molar-refractivity contribution in [3.63, 3.8) is 0 Å². The van der Waals surface area contributed by atoms with Gasteiger partial charge in [-0.1, -0.05) is 0 Å². The van der Waals surface area contributed by atoms with Crippen LogP contribution in [0.4, 0.5) is 31.1 Å². The fourth-order valence-corrected chi connectivity index (χ4v) is 3.96. The van der Waals surface area contributed by atoms with Crippen LogP contribution in [0.5, 0.6) is 0 Å². The third kappa shape index (κ3) is 4.63. The van der Waals surface area contributed by atoms with Crippen LogP contribution in [0.15, 0.2) is 36.4 Å². The number of alkyl halides is 3. The van der Waals surface area contributed by atoms with Crippen LogP contribution in [0, 0.1) is 17.5 Å². The number of hydrogen-bond donors (Lipinski definition) is 3. The van der Waals surface area contributed by atoms with Crippen LogP contribution in [0.2, 0.25) is 0 Å². The molecule has 1 heterocycles. The summed E-state index contributed by atoms with van der Waals surface area (Å²) < 4.78 is 84.7. The van der Waals surface area contributed by atoms with Gasteiger partial charge in [0.05, 0.1) is 17.8 Å². The molecule has 0 unspecified atom stereocenters. The number of amides is 1. The Balaban J connectivity index is 1.56. The van der Waals surface area contributed by atoms with Gasteiger partial charge >= 0.3 is 12.3 Å². The number of aromatic nitrogens is 1. The third-order valence-electron chi connectivity index (χ3n) is 5.64. The number of alkyl carbamates (subject to hydrolysis) is 1. The zero-order valence-electron chi connectivity index (χ0n) is 16.8. The van der Waals surface area contributed by atoms with Gasteiger partial charge in [-0.25, -0.2) is 18.0 Å². The lowest BCUT2D eigenvalue weighted by Gasteiger charge is -2.35. The number of carbonyl (C=O) groups is 1. The highest BCUT2D eigenvalue weighted by atomic mass is 19.4. The Morgan fingerprint density at radius 2 is 1.79 bits per heavy atom. The molecule has 0 saturated heterocycles. The van der Waals surface area contributed by atoms with Gasteiger partial charge in [-0.2, -0.15) is 13.2 Å². The number of nitrogens with one attached hydrogen (secondary N) is 2. The summed E-state index contributed by atoms with van der Waals surface area (Å²) in [5.41, 5.74) is 1.57. The van der Waals surface area contributed by atoms with E-state index in [1.807, 2.05) is 0 Å². The second kappa shape index (κ2) is 8.62. The monoisotopic (exact) mass is 472 g/mol. The first-order valence-corrected chi connectivity index (χ1v) is 9.98. The zero-order chi connectivity index (χ0) is 23.9. The van der Waals surface area contributed by atoms with E-state index < -0.39 is 48.5 Å². The highest BCUT2D eigenvalue weighted by Crippen LogP contribution is 2.46. The van der Waals surface area contributed by atoms with E-state index in [-0.39, 0.29) is 29.7 Å². The molecule has 1 aromatic heterocycles. The van der Waals surface area contributed by atoms with Crippen molar-refractivity contribution in [1.29, 1.82) is 0 Å². The average Bonchev–Trinajstić information content (AvgIpc) is 3.07. The highest BCUT2D eigenvalue weighted by molar-refractivity contribution is 5.92. The molecule has 1 saturated carbocycles. The molecule has 1 atom stereocenters. The van der Waals surface area contributed by atoms with Gasteiger partial charge in [0.1, 0.15) is 23.6 Å². The molecule has 0 spiro atoms. The number of rotatable bonds is 5. The molecule has 0 aliphatic heterocycles. The molecule has 1 fully saturated rings. The standard InChI is InChI=1S/C22H18F6N2O3/c23-12-3-1-10(2-4-12)19-18(15-7-13(24)8-16(25)20(15)30-19)11-5-14(6-11)33-21(32)29-17(9-31)22(26,27)28/h1-4,7-8,11,14,17,30-31H,5-6,9H2,(H,29,32)/t11-,14-,17-/m1/s1. The minimum atomic E-state index is -4.84. The zero-order valence-corrected chi connectivity index (χ0v) is 16.8. The summed E-state index contributed by atoms with van der Waals surface area (Å²) in [5.74, 6) is -2.40. The predicted molar refractivity (Wildman–Crippen MR) is 106 cm³/mol. The van der Waals surface area contributed by atoms with Crippen molar-refractivity contribution in [2.45, 2.75) is 37.1 Å². The smallest absolute Gasteiger partial charge is 0.410 e. The van der Waals surface area contributed by atoms with Crippen molar-refractivity contribution in [1.82, 2.24) is 10.3 Å². The minimum Gasteiger partial charge on any atom is -0.446 e. The summed E-state index contributed by atoms with van der Waals surface area (Å²) in [6.45, 7) is -1.33. The fourth-order valence-electron chi connectivity index (χ4n) is 3.96. The number of ether oxygens (including phenoxy) is 1. The van der Waals surface area contributed by atoms with E-state index in [0.29, 0.717) is 16.8 Å². The van der Waals surface area contributed by atoms with Crippen LogP contribution in [-0.4, -0.2) is 41.1 Å². The normalized spacial score (nSPS) is 19.2. The molecular weight excluding hydrogens is 454 g/mol. The highest BCUT2D eigenvalue weighted by Gasteiger charge is 2.42. The van der Waals surface area contributed by atoms with Crippen molar-refractivity contribution in [2.24, 2.45) is 0 Å². The van der Waals surface area contributed by atoms with Crippen molar-refractivity contribution in [3.05, 3.63) is 59.4 Å². The number of benzene rings is 2. The number of carbonyl (C=O) groups excluding carboxylic acids is 1. The largest absolute Gasteiger partial charge is 0.446 e. The molecule has 11 heteroatoms. The topological polar surface area (TPSA) is 74.3 Å². The molecule has 176 valence electrons. The van der Waals surface area contributed by atoms with Crippen molar-refractivity contribution in [2.75, 3.05) is 6.61 Å². The number of aromatic amines is 1. The molecule has 2 aromatic carbocycles. The Hall–Kier alpha value is -3.21. The first-order valence-electron chi connectivity index (χ1n) is 9.98. The summed E-state index contributed by atoms with van der Waals surface area (Å²) in [6.07, 6.45) is -6.50. The Labute approximate surface area is 183 Å². The van der Waals surface area contributed by atoms with Crippen LogP contribution in [0.1, 0.15) is 24.3 Å². The lowest BCUT2D eigenvalue weighted by Crippen LogP contribution is -2.49. The molecule has 0 bridgehead atoms. The van der Waals surface area contributed by atoms with Crippen LogP contribution < -0.4 is 5.32 Å². The van der Waals surface area contributed by atoms with Gasteiger partial charge in [0, 0.05) is 11.5 Å². The number of hydrogen-bond acceptors (Lipinski definition) is 3. The van der Waals surface area contributed by atoms with E-state index in [0.717, 1.165) is 12.1 Å². The molecule has 4 rings (SSSR count). The van der Waals surface area contributed by atoms with Crippen LogP contribution in [0.3, 0.4) is 0 Å². The molecular formula is C22H18F6N2O3. The molecule has 1 amide bonds. The van der Waals surface area contributed by atoms with Gasteiger partial charge in [0.15, 0.2) is 6.04 Å². The lowest BCUT2D eigenvalue weighted by atomic mass is 9.75. The third-order valence-corrected chi connectivity index (χ3v) is 5.64. The number of aliphatic hydroxyl groups is 1. The Bertz CT molecular complexity index is 1170. The van der Waals surface area contributed by atoms with Gasteiger partial charge in [0.2, 0.25) is 0 Å². The summed E-state index contributed by atoms with van der Waals surface area (Å²) in [6, 6.07) is 4.83. The van der Waals surface area contributed by atoms with Gasteiger partial charge < -0.3 is 20.1 Å². The van der Waals surface area contributed by atoms with Crippen LogP contribution >= 0.6 is 0 Å². The number of fused-ring (bicyclic) bond motifs is 1. The van der Waals surface area contributed by atoms with Gasteiger partial charge in [-0.05, 0) is 60.2 Å². The second-order valence-electron chi connectivity index (χ2n) is 7.85. The molecule has 5 nitrogen and oxygen atoms in total. The lowest BCUT2D eigenvalue weighted by molar-refractivity contribution is -0.162.